The number of guanidine groups is 1. The smallest absolute Gasteiger partial charge is 0.191 e. The van der Waals surface area contributed by atoms with Crippen LogP contribution >= 0.6 is 24.0 Å². The highest BCUT2D eigenvalue weighted by atomic mass is 127. The molecule has 0 heterocycles. The molecule has 0 aromatic heterocycles. The Morgan fingerprint density at radius 3 is 2.55 bits per heavy atom. The summed E-state index contributed by atoms with van der Waals surface area (Å²) in [4.78, 5) is 4.28. The molecule has 0 amide bonds. The number of rotatable bonds is 7. The first kappa shape index (κ1) is 20.0. The van der Waals surface area contributed by atoms with E-state index in [1.54, 1.807) is 0 Å². The summed E-state index contributed by atoms with van der Waals surface area (Å²) >= 11 is 0. The lowest BCUT2D eigenvalue weighted by Crippen LogP contribution is -2.44. The predicted molar refractivity (Wildman–Crippen MR) is 97.1 cm³/mol. The zero-order valence-corrected chi connectivity index (χ0v) is 15.6. The second kappa shape index (κ2) is 12.7. The van der Waals surface area contributed by atoms with E-state index in [4.69, 9.17) is 4.74 Å². The molecule has 4 nitrogen and oxygen atoms in total. The molecule has 0 atom stereocenters. The molecule has 1 aliphatic rings. The zero-order valence-electron chi connectivity index (χ0n) is 13.3. The molecule has 1 rings (SSSR count). The van der Waals surface area contributed by atoms with Crippen molar-refractivity contribution in [1.82, 2.24) is 10.6 Å². The van der Waals surface area contributed by atoms with E-state index in [2.05, 4.69) is 29.5 Å². The van der Waals surface area contributed by atoms with Crippen molar-refractivity contribution in [3.63, 3.8) is 0 Å². The first-order valence-corrected chi connectivity index (χ1v) is 7.77. The van der Waals surface area contributed by atoms with Crippen molar-refractivity contribution in [1.29, 1.82) is 0 Å². The molecule has 20 heavy (non-hydrogen) atoms. The van der Waals surface area contributed by atoms with Gasteiger partial charge in [0.2, 0.25) is 0 Å². The average Bonchev–Trinajstić information content (AvgIpc) is 2.42. The van der Waals surface area contributed by atoms with E-state index in [-0.39, 0.29) is 24.0 Å². The van der Waals surface area contributed by atoms with Crippen LogP contribution in [0.1, 0.15) is 52.4 Å². The Kier molecular flexibility index (Phi) is 12.7. The Balaban J connectivity index is 0.00000361. The quantitative estimate of drug-likeness (QED) is 0.300. The van der Waals surface area contributed by atoms with E-state index in [0.717, 1.165) is 32.1 Å². The topological polar surface area (TPSA) is 45.7 Å². The van der Waals surface area contributed by atoms with Crippen LogP contribution in [-0.2, 0) is 4.74 Å². The molecule has 1 saturated carbocycles. The van der Waals surface area contributed by atoms with E-state index in [0.29, 0.717) is 12.0 Å². The lowest BCUT2D eigenvalue weighted by Gasteiger charge is -2.24. The van der Waals surface area contributed by atoms with Gasteiger partial charge >= 0.3 is 0 Å². The number of nitrogens with zero attached hydrogens (tertiary/aromatic N) is 1. The Labute approximate surface area is 141 Å². The van der Waals surface area contributed by atoms with Crippen LogP contribution in [0.15, 0.2) is 4.99 Å². The van der Waals surface area contributed by atoms with E-state index in [9.17, 15) is 0 Å². The average molecular weight is 397 g/mol. The molecular weight excluding hydrogens is 365 g/mol. The molecule has 0 bridgehead atoms. The SMILES string of the molecule is CN=C(NCCCOCC(C)C)NC1CCCCC1.I. The number of hydrogen-bond donors (Lipinski definition) is 2. The number of halogens is 1. The third-order valence-corrected chi connectivity index (χ3v) is 3.38. The van der Waals surface area contributed by atoms with E-state index >= 15 is 0 Å². The first-order chi connectivity index (χ1) is 9.22. The van der Waals surface area contributed by atoms with Crippen LogP contribution in [0.25, 0.3) is 0 Å². The molecule has 0 saturated heterocycles. The second-order valence-corrected chi connectivity index (χ2v) is 5.80. The maximum atomic E-state index is 5.56. The van der Waals surface area contributed by atoms with Gasteiger partial charge < -0.3 is 15.4 Å². The minimum absolute atomic E-state index is 0. The van der Waals surface area contributed by atoms with Crippen LogP contribution in [0.5, 0.6) is 0 Å². The van der Waals surface area contributed by atoms with Crippen LogP contribution in [0.3, 0.4) is 0 Å². The maximum absolute atomic E-state index is 5.56. The van der Waals surface area contributed by atoms with Crippen LogP contribution < -0.4 is 10.6 Å². The summed E-state index contributed by atoms with van der Waals surface area (Å²) in [5, 5.41) is 6.88. The minimum Gasteiger partial charge on any atom is -0.381 e. The normalized spacial score (nSPS) is 16.9. The summed E-state index contributed by atoms with van der Waals surface area (Å²) in [7, 11) is 1.84. The molecule has 0 radical (unpaired) electrons. The van der Waals surface area contributed by atoms with E-state index in [1.807, 2.05) is 7.05 Å². The van der Waals surface area contributed by atoms with Crippen molar-refractivity contribution < 1.29 is 4.74 Å². The van der Waals surface area contributed by atoms with Crippen molar-refractivity contribution in [2.75, 3.05) is 26.8 Å². The Morgan fingerprint density at radius 1 is 1.25 bits per heavy atom. The first-order valence-electron chi connectivity index (χ1n) is 7.77. The lowest BCUT2D eigenvalue weighted by molar-refractivity contribution is 0.108. The second-order valence-electron chi connectivity index (χ2n) is 5.80. The Hall–Kier alpha value is -0.0400. The summed E-state index contributed by atoms with van der Waals surface area (Å²) in [6.07, 6.45) is 7.65. The van der Waals surface area contributed by atoms with Crippen LogP contribution in [0, 0.1) is 5.92 Å². The van der Waals surface area contributed by atoms with Crippen LogP contribution in [0.2, 0.25) is 0 Å². The third kappa shape index (κ3) is 9.80. The summed E-state index contributed by atoms with van der Waals surface area (Å²) < 4.78 is 5.56. The molecule has 1 fully saturated rings. The fraction of sp³-hybridized carbons (Fsp3) is 0.933. The summed E-state index contributed by atoms with van der Waals surface area (Å²) in [6, 6.07) is 0.608. The molecule has 120 valence electrons. The van der Waals surface area contributed by atoms with Gasteiger partial charge in [-0.25, -0.2) is 0 Å². The number of ether oxygens (including phenoxy) is 1. The largest absolute Gasteiger partial charge is 0.381 e. The van der Waals surface area contributed by atoms with Gasteiger partial charge in [-0.3, -0.25) is 4.99 Å². The highest BCUT2D eigenvalue weighted by Crippen LogP contribution is 2.17. The van der Waals surface area contributed by atoms with E-state index < -0.39 is 0 Å². The lowest BCUT2D eigenvalue weighted by atomic mass is 9.96. The van der Waals surface area contributed by atoms with Gasteiger partial charge in [0.25, 0.3) is 0 Å². The van der Waals surface area contributed by atoms with Gasteiger partial charge in [-0.15, -0.1) is 24.0 Å². The number of nitrogens with one attached hydrogen (secondary N) is 2. The maximum Gasteiger partial charge on any atom is 0.191 e. The molecule has 0 spiro atoms. The standard InChI is InChI=1S/C15H31N3O.HI/c1-13(2)12-19-11-7-10-17-15(16-3)18-14-8-5-4-6-9-14;/h13-14H,4-12H2,1-3H3,(H2,16,17,18);1H. The zero-order chi connectivity index (χ0) is 13.9. The van der Waals surface area contributed by atoms with Gasteiger partial charge in [0.15, 0.2) is 5.96 Å². The Bertz CT molecular complexity index is 254. The van der Waals surface area contributed by atoms with Crippen LogP contribution in [0.4, 0.5) is 0 Å². The van der Waals surface area contributed by atoms with Gasteiger partial charge in [-0.05, 0) is 25.2 Å². The molecule has 2 N–H and O–H groups in total. The summed E-state index contributed by atoms with van der Waals surface area (Å²) in [5.41, 5.74) is 0. The monoisotopic (exact) mass is 397 g/mol. The van der Waals surface area contributed by atoms with Gasteiger partial charge in [-0.1, -0.05) is 33.1 Å². The van der Waals surface area contributed by atoms with Gasteiger partial charge in [-0.2, -0.15) is 0 Å². The summed E-state index contributed by atoms with van der Waals surface area (Å²) in [6.45, 7) is 6.95. The third-order valence-electron chi connectivity index (χ3n) is 3.38. The minimum atomic E-state index is 0. The molecule has 1 aliphatic carbocycles. The van der Waals surface area contributed by atoms with Crippen molar-refractivity contribution in [2.45, 2.75) is 58.4 Å². The number of hydrogen-bond acceptors (Lipinski definition) is 2. The highest BCUT2D eigenvalue weighted by molar-refractivity contribution is 14.0. The van der Waals surface area contributed by atoms with Gasteiger partial charge in [0, 0.05) is 32.8 Å². The predicted octanol–water partition coefficient (Wildman–Crippen LogP) is 3.16. The van der Waals surface area contributed by atoms with Crippen molar-refractivity contribution in [3.05, 3.63) is 0 Å². The van der Waals surface area contributed by atoms with Crippen molar-refractivity contribution in [3.8, 4) is 0 Å². The van der Waals surface area contributed by atoms with Gasteiger partial charge in [0.1, 0.15) is 0 Å². The fourth-order valence-electron chi connectivity index (χ4n) is 2.33. The fourth-order valence-corrected chi connectivity index (χ4v) is 2.33. The molecular formula is C15H32IN3O. The van der Waals surface area contributed by atoms with Gasteiger partial charge in [0.05, 0.1) is 0 Å². The highest BCUT2D eigenvalue weighted by Gasteiger charge is 2.13. The molecule has 0 aromatic rings. The molecule has 0 aliphatic heterocycles. The Morgan fingerprint density at radius 2 is 1.95 bits per heavy atom. The summed E-state index contributed by atoms with van der Waals surface area (Å²) in [5.74, 6) is 1.56. The van der Waals surface area contributed by atoms with Crippen molar-refractivity contribution >= 4 is 29.9 Å². The molecule has 0 unspecified atom stereocenters. The van der Waals surface area contributed by atoms with Crippen LogP contribution in [-0.4, -0.2) is 38.8 Å². The van der Waals surface area contributed by atoms with Crippen molar-refractivity contribution in [2.24, 2.45) is 10.9 Å². The molecule has 0 aromatic carbocycles. The molecule has 5 heteroatoms. The van der Waals surface area contributed by atoms with E-state index in [1.165, 1.54) is 32.1 Å². The number of aliphatic imine (C=N–C) groups is 1.